The second-order valence-corrected chi connectivity index (χ2v) is 4.80. The van der Waals surface area contributed by atoms with Crippen molar-refractivity contribution in [2.75, 3.05) is 6.54 Å². The van der Waals surface area contributed by atoms with Crippen LogP contribution in [0.4, 0.5) is 0 Å². The Balaban J connectivity index is 1.89. The van der Waals surface area contributed by atoms with Gasteiger partial charge in [-0.1, -0.05) is 23.2 Å². The van der Waals surface area contributed by atoms with Crippen molar-refractivity contribution in [1.82, 2.24) is 20.1 Å². The van der Waals surface area contributed by atoms with Gasteiger partial charge in [0.15, 0.2) is 0 Å². The Morgan fingerprint density at radius 1 is 1.42 bits per heavy atom. The number of aryl methyl sites for hydroxylation is 1. The van der Waals surface area contributed by atoms with Gasteiger partial charge in [0.1, 0.15) is 5.15 Å². The molecule has 5 nitrogen and oxygen atoms in total. The number of nitrogens with zero attached hydrogens (tertiary/aromatic N) is 3. The number of nitrogens with one attached hydrogen (secondary N) is 1. The summed E-state index contributed by atoms with van der Waals surface area (Å²) in [7, 11) is 0. The monoisotopic (exact) mass is 298 g/mol. The minimum Gasteiger partial charge on any atom is -0.350 e. The van der Waals surface area contributed by atoms with Crippen molar-refractivity contribution >= 4 is 29.1 Å². The third-order valence-corrected chi connectivity index (χ3v) is 3.13. The Morgan fingerprint density at radius 2 is 2.21 bits per heavy atom. The van der Waals surface area contributed by atoms with E-state index in [1.165, 1.54) is 12.3 Å². The molecule has 0 aromatic carbocycles. The Hall–Kier alpha value is -1.59. The molecule has 0 aliphatic heterocycles. The van der Waals surface area contributed by atoms with Crippen molar-refractivity contribution in [1.29, 1.82) is 0 Å². The molecule has 2 rings (SSSR count). The average Bonchev–Trinajstić information content (AvgIpc) is 2.78. The molecule has 0 spiro atoms. The SMILES string of the molecule is Cc1cnn(CCNC(=O)c2cnc(Cl)c(Cl)c2)c1. The summed E-state index contributed by atoms with van der Waals surface area (Å²) in [4.78, 5) is 15.6. The molecule has 2 heterocycles. The summed E-state index contributed by atoms with van der Waals surface area (Å²) in [6, 6.07) is 1.49. The van der Waals surface area contributed by atoms with Crippen LogP contribution in [0.2, 0.25) is 10.2 Å². The molecule has 0 unspecified atom stereocenters. The van der Waals surface area contributed by atoms with Crippen LogP contribution in [0.25, 0.3) is 0 Å². The van der Waals surface area contributed by atoms with Crippen LogP contribution in [0.15, 0.2) is 24.7 Å². The first-order valence-electron chi connectivity index (χ1n) is 5.64. The number of carbonyl (C=O) groups is 1. The van der Waals surface area contributed by atoms with Crippen molar-refractivity contribution < 1.29 is 4.79 Å². The van der Waals surface area contributed by atoms with Gasteiger partial charge in [-0.15, -0.1) is 0 Å². The van der Waals surface area contributed by atoms with E-state index in [0.29, 0.717) is 18.7 Å². The van der Waals surface area contributed by atoms with Crippen molar-refractivity contribution in [2.24, 2.45) is 0 Å². The number of aromatic nitrogens is 3. The van der Waals surface area contributed by atoms with Gasteiger partial charge in [0.25, 0.3) is 5.91 Å². The topological polar surface area (TPSA) is 59.8 Å². The molecule has 1 amide bonds. The third kappa shape index (κ3) is 3.68. The van der Waals surface area contributed by atoms with Crippen LogP contribution in [0, 0.1) is 6.92 Å². The summed E-state index contributed by atoms with van der Waals surface area (Å²) >= 11 is 11.5. The molecule has 0 aliphatic carbocycles. The van der Waals surface area contributed by atoms with Crippen LogP contribution >= 0.6 is 23.2 Å². The zero-order valence-corrected chi connectivity index (χ0v) is 11.7. The summed E-state index contributed by atoms with van der Waals surface area (Å²) in [6.45, 7) is 3.04. The zero-order chi connectivity index (χ0) is 13.8. The first-order chi connectivity index (χ1) is 9.06. The number of hydrogen-bond donors (Lipinski definition) is 1. The Labute approximate surface area is 120 Å². The van der Waals surface area contributed by atoms with E-state index in [1.54, 1.807) is 10.9 Å². The average molecular weight is 299 g/mol. The number of halogens is 2. The Morgan fingerprint density at radius 3 is 2.84 bits per heavy atom. The molecular weight excluding hydrogens is 287 g/mol. The fraction of sp³-hybridized carbons (Fsp3) is 0.250. The summed E-state index contributed by atoms with van der Waals surface area (Å²) in [5.41, 5.74) is 1.46. The lowest BCUT2D eigenvalue weighted by molar-refractivity contribution is 0.0951. The van der Waals surface area contributed by atoms with Crippen molar-refractivity contribution in [3.8, 4) is 0 Å². The molecule has 0 fully saturated rings. The minimum atomic E-state index is -0.241. The number of hydrogen-bond acceptors (Lipinski definition) is 3. The number of pyridine rings is 1. The quantitative estimate of drug-likeness (QED) is 0.881. The van der Waals surface area contributed by atoms with E-state index in [4.69, 9.17) is 23.2 Å². The van der Waals surface area contributed by atoms with E-state index in [9.17, 15) is 4.79 Å². The van der Waals surface area contributed by atoms with E-state index in [-0.39, 0.29) is 16.1 Å². The summed E-state index contributed by atoms with van der Waals surface area (Å²) in [6.07, 6.45) is 5.07. The number of amides is 1. The molecule has 2 aromatic rings. The first-order valence-corrected chi connectivity index (χ1v) is 6.40. The smallest absolute Gasteiger partial charge is 0.252 e. The standard InChI is InChI=1S/C12H12Cl2N4O/c1-8-5-17-18(7-8)3-2-15-12(19)9-4-10(13)11(14)16-6-9/h4-7H,2-3H2,1H3,(H,15,19). The van der Waals surface area contributed by atoms with Gasteiger partial charge < -0.3 is 5.32 Å². The highest BCUT2D eigenvalue weighted by Gasteiger charge is 2.08. The van der Waals surface area contributed by atoms with E-state index >= 15 is 0 Å². The van der Waals surface area contributed by atoms with Gasteiger partial charge in [-0.05, 0) is 18.6 Å². The fourth-order valence-corrected chi connectivity index (χ4v) is 1.79. The zero-order valence-electron chi connectivity index (χ0n) is 10.2. The van der Waals surface area contributed by atoms with Gasteiger partial charge >= 0.3 is 0 Å². The van der Waals surface area contributed by atoms with Gasteiger partial charge in [0, 0.05) is 18.9 Å². The maximum absolute atomic E-state index is 11.8. The number of rotatable bonds is 4. The fourth-order valence-electron chi connectivity index (χ4n) is 1.52. The lowest BCUT2D eigenvalue weighted by atomic mass is 10.2. The maximum atomic E-state index is 11.8. The van der Waals surface area contributed by atoms with Crippen molar-refractivity contribution in [2.45, 2.75) is 13.5 Å². The lowest BCUT2D eigenvalue weighted by Crippen LogP contribution is -2.27. The highest BCUT2D eigenvalue weighted by atomic mass is 35.5. The largest absolute Gasteiger partial charge is 0.350 e. The normalized spacial score (nSPS) is 10.5. The van der Waals surface area contributed by atoms with Crippen molar-refractivity contribution in [3.63, 3.8) is 0 Å². The molecule has 7 heteroatoms. The molecule has 0 saturated carbocycles. The molecule has 0 radical (unpaired) electrons. The summed E-state index contributed by atoms with van der Waals surface area (Å²) in [5.74, 6) is -0.241. The molecule has 0 bridgehead atoms. The van der Waals surface area contributed by atoms with E-state index in [0.717, 1.165) is 5.56 Å². The minimum absolute atomic E-state index is 0.185. The second kappa shape index (κ2) is 6.04. The first kappa shape index (κ1) is 13.8. The van der Waals surface area contributed by atoms with Crippen LogP contribution in [-0.2, 0) is 6.54 Å². The third-order valence-electron chi connectivity index (χ3n) is 2.45. The molecule has 1 N–H and O–H groups in total. The molecule has 0 aliphatic rings. The Bertz CT molecular complexity index is 597. The van der Waals surface area contributed by atoms with Gasteiger partial charge in [0.05, 0.1) is 23.3 Å². The summed E-state index contributed by atoms with van der Waals surface area (Å²) in [5, 5.41) is 7.33. The van der Waals surface area contributed by atoms with Gasteiger partial charge in [0.2, 0.25) is 0 Å². The van der Waals surface area contributed by atoms with Gasteiger partial charge in [-0.25, -0.2) is 4.98 Å². The number of carbonyl (C=O) groups excluding carboxylic acids is 1. The summed E-state index contributed by atoms with van der Waals surface area (Å²) < 4.78 is 1.77. The molecule has 2 aromatic heterocycles. The van der Waals surface area contributed by atoms with Gasteiger partial charge in [-0.2, -0.15) is 5.10 Å². The van der Waals surface area contributed by atoms with Crippen molar-refractivity contribution in [3.05, 3.63) is 46.0 Å². The van der Waals surface area contributed by atoms with E-state index < -0.39 is 0 Å². The predicted octanol–water partition coefficient (Wildman–Crippen LogP) is 2.32. The van der Waals surface area contributed by atoms with Crippen LogP contribution < -0.4 is 5.32 Å². The molecule has 100 valence electrons. The molecule has 0 saturated heterocycles. The lowest BCUT2D eigenvalue weighted by Gasteiger charge is -2.06. The predicted molar refractivity (Wildman–Crippen MR) is 73.6 cm³/mol. The van der Waals surface area contributed by atoms with E-state index in [1.807, 2.05) is 13.1 Å². The van der Waals surface area contributed by atoms with Crippen LogP contribution in [-0.4, -0.2) is 27.2 Å². The highest BCUT2D eigenvalue weighted by molar-refractivity contribution is 6.41. The highest BCUT2D eigenvalue weighted by Crippen LogP contribution is 2.19. The van der Waals surface area contributed by atoms with Crippen LogP contribution in [0.5, 0.6) is 0 Å². The second-order valence-electron chi connectivity index (χ2n) is 4.03. The maximum Gasteiger partial charge on any atom is 0.252 e. The van der Waals surface area contributed by atoms with Crippen LogP contribution in [0.3, 0.4) is 0 Å². The molecule has 0 atom stereocenters. The van der Waals surface area contributed by atoms with Gasteiger partial charge in [-0.3, -0.25) is 9.48 Å². The molecule has 19 heavy (non-hydrogen) atoms. The van der Waals surface area contributed by atoms with E-state index in [2.05, 4.69) is 15.4 Å². The van der Waals surface area contributed by atoms with Crippen LogP contribution in [0.1, 0.15) is 15.9 Å². The molecular formula is C12H12Cl2N4O. The Kier molecular flexibility index (Phi) is 4.39.